The Hall–Kier alpha value is -8.52. The van der Waals surface area contributed by atoms with Gasteiger partial charge in [-0.2, -0.15) is 0 Å². The first-order valence-corrected chi connectivity index (χ1v) is 23.0. The molecule has 0 bridgehead atoms. The van der Waals surface area contributed by atoms with Crippen LogP contribution >= 0.6 is 0 Å². The molecule has 0 aromatic heterocycles. The highest BCUT2D eigenvalue weighted by molar-refractivity contribution is 6.16. The van der Waals surface area contributed by atoms with Gasteiger partial charge in [0.15, 0.2) is 0 Å². The largest absolute Gasteiger partial charge is 0.310 e. The summed E-state index contributed by atoms with van der Waals surface area (Å²) in [5, 5.41) is 2.62. The first-order valence-electron chi connectivity index (χ1n) is 23.0. The van der Waals surface area contributed by atoms with Crippen molar-refractivity contribution in [1.82, 2.24) is 0 Å². The minimum Gasteiger partial charge on any atom is -0.310 e. The number of anilines is 3. The van der Waals surface area contributed by atoms with Crippen molar-refractivity contribution >= 4 is 27.8 Å². The monoisotopic (exact) mass is 835 g/mol. The van der Waals surface area contributed by atoms with E-state index in [1.54, 1.807) is 0 Å². The van der Waals surface area contributed by atoms with Crippen LogP contribution in [-0.4, -0.2) is 0 Å². The van der Waals surface area contributed by atoms with Crippen LogP contribution in [0, 0.1) is 0 Å². The van der Waals surface area contributed by atoms with E-state index >= 15 is 0 Å². The molecule has 1 nitrogen and oxygen atoms in total. The van der Waals surface area contributed by atoms with Gasteiger partial charge in [0.25, 0.3) is 0 Å². The van der Waals surface area contributed by atoms with Gasteiger partial charge in [-0.1, -0.05) is 212 Å². The van der Waals surface area contributed by atoms with E-state index in [2.05, 4.69) is 254 Å². The van der Waals surface area contributed by atoms with Crippen LogP contribution in [0.3, 0.4) is 0 Å². The van der Waals surface area contributed by atoms with E-state index in [4.69, 9.17) is 0 Å². The van der Waals surface area contributed by atoms with Gasteiger partial charge in [-0.05, 0) is 147 Å². The second kappa shape index (κ2) is 14.2. The van der Waals surface area contributed by atoms with Gasteiger partial charge in [0.1, 0.15) is 0 Å². The zero-order valence-corrected chi connectivity index (χ0v) is 36.1. The van der Waals surface area contributed by atoms with Crippen molar-refractivity contribution in [3.8, 4) is 77.9 Å². The molecule has 0 saturated heterocycles. The summed E-state index contributed by atoms with van der Waals surface area (Å²) in [5.74, 6) is 0. The Morgan fingerprint density at radius 2 is 0.682 bits per heavy atom. The van der Waals surface area contributed by atoms with E-state index in [0.29, 0.717) is 0 Å². The lowest BCUT2D eigenvalue weighted by Gasteiger charge is -2.30. The van der Waals surface area contributed by atoms with Gasteiger partial charge >= 0.3 is 0 Å². The van der Waals surface area contributed by atoms with Gasteiger partial charge < -0.3 is 4.90 Å². The highest BCUT2D eigenvalue weighted by atomic mass is 15.1. The third-order valence-corrected chi connectivity index (χ3v) is 14.7. The van der Waals surface area contributed by atoms with Crippen LogP contribution in [0.4, 0.5) is 17.1 Å². The Labute approximate surface area is 385 Å². The maximum Gasteiger partial charge on any atom is 0.0725 e. The molecule has 0 fully saturated rings. The van der Waals surface area contributed by atoms with Crippen molar-refractivity contribution in [3.63, 3.8) is 0 Å². The van der Waals surface area contributed by atoms with Crippen LogP contribution in [0.15, 0.2) is 249 Å². The van der Waals surface area contributed by atoms with Gasteiger partial charge in [-0.3, -0.25) is 0 Å². The second-order valence-corrected chi connectivity index (χ2v) is 17.9. The minimum absolute atomic E-state index is 0.388. The molecule has 0 heterocycles. The molecule has 0 atom stereocenters. The molecule has 0 amide bonds. The van der Waals surface area contributed by atoms with Crippen molar-refractivity contribution < 1.29 is 0 Å². The molecule has 1 spiro atoms. The molecule has 0 aliphatic heterocycles. The van der Waals surface area contributed by atoms with Crippen LogP contribution < -0.4 is 4.90 Å². The fourth-order valence-electron chi connectivity index (χ4n) is 11.9. The van der Waals surface area contributed by atoms with Crippen molar-refractivity contribution in [1.29, 1.82) is 0 Å². The Kier molecular flexibility index (Phi) is 7.97. The number of hydrogen-bond acceptors (Lipinski definition) is 1. The summed E-state index contributed by atoms with van der Waals surface area (Å²) >= 11 is 0. The summed E-state index contributed by atoms with van der Waals surface area (Å²) in [6.45, 7) is 0. The summed E-state index contributed by atoms with van der Waals surface area (Å²) in [6.07, 6.45) is 0. The van der Waals surface area contributed by atoms with E-state index in [0.717, 1.165) is 17.1 Å². The van der Waals surface area contributed by atoms with Crippen LogP contribution in [-0.2, 0) is 5.41 Å². The molecule has 0 N–H and O–H groups in total. The highest BCUT2D eigenvalue weighted by Gasteiger charge is 2.52. The maximum absolute atomic E-state index is 2.41. The lowest BCUT2D eigenvalue weighted by molar-refractivity contribution is 0.794. The topological polar surface area (TPSA) is 3.24 Å². The molecule has 14 rings (SSSR count). The van der Waals surface area contributed by atoms with E-state index in [1.165, 1.54) is 111 Å². The number of hydrogen-bond donors (Lipinski definition) is 0. The molecule has 66 heavy (non-hydrogen) atoms. The smallest absolute Gasteiger partial charge is 0.0725 e. The fraction of sp³-hybridized carbons (Fsp3) is 0.0154. The summed E-state index contributed by atoms with van der Waals surface area (Å²) in [7, 11) is 0. The van der Waals surface area contributed by atoms with Gasteiger partial charge in [-0.25, -0.2) is 0 Å². The Morgan fingerprint density at radius 3 is 1.35 bits per heavy atom. The van der Waals surface area contributed by atoms with Crippen LogP contribution in [0.2, 0.25) is 0 Å². The summed E-state index contributed by atoms with van der Waals surface area (Å²) in [5.41, 5.74) is 26.1. The molecular formula is C65H41N. The molecule has 11 aromatic rings. The van der Waals surface area contributed by atoms with Gasteiger partial charge in [0.05, 0.1) is 5.41 Å². The molecule has 1 heteroatoms. The summed E-state index contributed by atoms with van der Waals surface area (Å²) < 4.78 is 0. The lowest BCUT2D eigenvalue weighted by Crippen LogP contribution is -2.25. The van der Waals surface area contributed by atoms with Gasteiger partial charge in [0, 0.05) is 17.1 Å². The van der Waals surface area contributed by atoms with Crippen molar-refractivity contribution in [2.24, 2.45) is 0 Å². The van der Waals surface area contributed by atoms with Crippen molar-refractivity contribution in [2.45, 2.75) is 5.41 Å². The number of fused-ring (bicyclic) bond motifs is 13. The Bertz CT molecular complexity index is 3700. The minimum atomic E-state index is -0.388. The average molecular weight is 836 g/mol. The molecular weight excluding hydrogens is 795 g/mol. The van der Waals surface area contributed by atoms with Gasteiger partial charge in [-0.15, -0.1) is 0 Å². The predicted molar refractivity (Wildman–Crippen MR) is 276 cm³/mol. The Morgan fingerprint density at radius 1 is 0.242 bits per heavy atom. The molecule has 0 saturated carbocycles. The molecule has 0 unspecified atom stereocenters. The second-order valence-electron chi connectivity index (χ2n) is 17.9. The van der Waals surface area contributed by atoms with E-state index in [9.17, 15) is 0 Å². The van der Waals surface area contributed by atoms with E-state index in [-0.39, 0.29) is 5.41 Å². The molecule has 3 aliphatic rings. The predicted octanol–water partition coefficient (Wildman–Crippen LogP) is 17.3. The maximum atomic E-state index is 2.41. The number of nitrogens with zero attached hydrogens (tertiary/aromatic N) is 1. The molecule has 306 valence electrons. The quantitative estimate of drug-likeness (QED) is 0.161. The SMILES string of the molecule is c1ccc(-c2ccc(N(c3ccc(-c4ccccc4-c4cccc5c4-c4ccccc4C54c5ccccc5-c5ccccc54)cc3)c3ccc4c(c3)-c3cccc5cccc-4c35)cc2)cc1. The average Bonchev–Trinajstić information content (AvgIpc) is 4.00. The Balaban J connectivity index is 0.902. The summed E-state index contributed by atoms with van der Waals surface area (Å²) in [4.78, 5) is 2.41. The van der Waals surface area contributed by atoms with Crippen LogP contribution in [0.1, 0.15) is 22.3 Å². The fourth-order valence-corrected chi connectivity index (χ4v) is 11.9. The highest BCUT2D eigenvalue weighted by Crippen LogP contribution is 2.64. The first kappa shape index (κ1) is 36.9. The number of rotatable bonds is 6. The first-order chi connectivity index (χ1) is 32.8. The van der Waals surface area contributed by atoms with Crippen molar-refractivity contribution in [2.75, 3.05) is 4.90 Å². The molecule has 11 aromatic carbocycles. The third-order valence-electron chi connectivity index (χ3n) is 14.7. The zero-order chi connectivity index (χ0) is 43.3. The normalized spacial score (nSPS) is 13.0. The molecule has 3 aliphatic carbocycles. The molecule has 0 radical (unpaired) electrons. The zero-order valence-electron chi connectivity index (χ0n) is 36.1. The lowest BCUT2D eigenvalue weighted by atomic mass is 9.70. The standard InChI is InChI=1S/C65H41N/c1-2-15-42(16-3-1)43-31-35-46(36-32-43)66(48-39-40-51-54-24-12-17-45-18-13-25-56(63(45)54)58(51)41-48)47-37-33-44(34-38-47)49-19-4-5-20-50(49)55-26-14-30-62-64(55)57-23-8-11-29-61(57)65(62)59-27-9-6-21-52(59)53-22-7-10-28-60(53)65/h1-41H. The number of benzene rings is 11. The van der Waals surface area contributed by atoms with E-state index in [1.807, 2.05) is 0 Å². The summed E-state index contributed by atoms with van der Waals surface area (Å²) in [6, 6.07) is 92.4. The van der Waals surface area contributed by atoms with Crippen LogP contribution in [0.25, 0.3) is 88.7 Å². The van der Waals surface area contributed by atoms with E-state index < -0.39 is 0 Å². The third kappa shape index (κ3) is 5.17. The van der Waals surface area contributed by atoms with Crippen LogP contribution in [0.5, 0.6) is 0 Å². The van der Waals surface area contributed by atoms with Crippen molar-refractivity contribution in [3.05, 3.63) is 271 Å². The van der Waals surface area contributed by atoms with Gasteiger partial charge in [0.2, 0.25) is 0 Å².